The molecule has 4 amide bonds. The van der Waals surface area contributed by atoms with E-state index in [1.165, 1.54) is 9.80 Å². The molecule has 2 aromatic carbocycles. The van der Waals surface area contributed by atoms with Crippen LogP contribution in [0.5, 0.6) is 0 Å². The van der Waals surface area contributed by atoms with Gasteiger partial charge in [0, 0.05) is 17.3 Å². The van der Waals surface area contributed by atoms with E-state index in [9.17, 15) is 19.2 Å². The van der Waals surface area contributed by atoms with Gasteiger partial charge in [-0.05, 0) is 79.0 Å². The molecular weight excluding hydrogens is 528 g/mol. The third kappa shape index (κ3) is 3.12. The van der Waals surface area contributed by atoms with Crippen LogP contribution in [0.25, 0.3) is 22.6 Å². The summed E-state index contributed by atoms with van der Waals surface area (Å²) in [7, 11) is 0. The smallest absolute Gasteiger partial charge is 0.238 e. The van der Waals surface area contributed by atoms with Gasteiger partial charge in [0.1, 0.15) is 0 Å². The Kier molecular flexibility index (Phi) is 4.79. The molecule has 8 nitrogen and oxygen atoms in total. The first kappa shape index (κ1) is 23.9. The molecule has 0 unspecified atom stereocenters. The van der Waals surface area contributed by atoms with Gasteiger partial charge in [-0.25, -0.2) is 9.97 Å². The molecule has 42 heavy (non-hydrogen) atoms. The normalized spacial score (nSPS) is 33.4. The third-order valence-corrected chi connectivity index (χ3v) is 10.4. The van der Waals surface area contributed by atoms with Gasteiger partial charge < -0.3 is 0 Å². The standard InChI is InChI=1S/C34H26N4O4/c39-31-26-19-1-2-20(15-19)27(26)32(40)37(31)23-9-5-17(6-10-23)25-13-14-35-30(36-25)18-7-11-24(12-8-18)38-33(41)28-21-3-4-22(16-21)29(28)34(38)42/h1-14,19-22,26-29H,15-16H2/t19-,20-,21-,22+,26-,27+,28-,29-/m0/s1. The summed E-state index contributed by atoms with van der Waals surface area (Å²) in [5.74, 6) is -0.0616. The quantitative estimate of drug-likeness (QED) is 0.349. The molecule has 2 saturated carbocycles. The molecule has 8 heteroatoms. The molecule has 1 aromatic heterocycles. The van der Waals surface area contributed by atoms with E-state index in [1.54, 1.807) is 30.5 Å². The fourth-order valence-corrected chi connectivity index (χ4v) is 8.51. The summed E-state index contributed by atoms with van der Waals surface area (Å²) in [6.45, 7) is 0. The summed E-state index contributed by atoms with van der Waals surface area (Å²) in [4.78, 5) is 64.6. The van der Waals surface area contributed by atoms with Crippen molar-refractivity contribution in [3.63, 3.8) is 0 Å². The van der Waals surface area contributed by atoms with Gasteiger partial charge in [-0.15, -0.1) is 0 Å². The Hall–Kier alpha value is -4.72. The second-order valence-corrected chi connectivity index (χ2v) is 12.4. The number of hydrogen-bond acceptors (Lipinski definition) is 6. The molecule has 0 spiro atoms. The number of benzene rings is 2. The molecule has 4 fully saturated rings. The van der Waals surface area contributed by atoms with Crippen LogP contribution in [-0.4, -0.2) is 33.6 Å². The van der Waals surface area contributed by atoms with Crippen LogP contribution in [0.1, 0.15) is 12.8 Å². The predicted molar refractivity (Wildman–Crippen MR) is 153 cm³/mol. The van der Waals surface area contributed by atoms with Crippen molar-refractivity contribution in [2.75, 3.05) is 9.80 Å². The first-order valence-electron chi connectivity index (χ1n) is 14.6. The fourth-order valence-electron chi connectivity index (χ4n) is 8.51. The molecule has 6 aliphatic rings. The highest BCUT2D eigenvalue weighted by atomic mass is 16.2. The zero-order chi connectivity index (χ0) is 28.3. The Balaban J connectivity index is 0.948. The largest absolute Gasteiger partial charge is 0.274 e. The number of hydrogen-bond donors (Lipinski definition) is 0. The van der Waals surface area contributed by atoms with Gasteiger partial charge in [0.05, 0.1) is 40.7 Å². The molecular formula is C34H26N4O4. The van der Waals surface area contributed by atoms with Crippen molar-refractivity contribution < 1.29 is 19.2 Å². The molecule has 2 saturated heterocycles. The molecule has 2 aliphatic heterocycles. The van der Waals surface area contributed by atoms with Crippen LogP contribution in [0.2, 0.25) is 0 Å². The van der Waals surface area contributed by atoms with E-state index < -0.39 is 0 Å². The van der Waals surface area contributed by atoms with E-state index in [-0.39, 0.29) is 71.0 Å². The van der Waals surface area contributed by atoms with Gasteiger partial charge >= 0.3 is 0 Å². The molecule has 4 bridgehead atoms. The molecule has 0 radical (unpaired) electrons. The van der Waals surface area contributed by atoms with Crippen LogP contribution < -0.4 is 9.80 Å². The minimum atomic E-state index is -0.230. The highest BCUT2D eigenvalue weighted by Crippen LogP contribution is 2.54. The highest BCUT2D eigenvalue weighted by Gasteiger charge is 2.60. The molecule has 8 atom stereocenters. The lowest BCUT2D eigenvalue weighted by molar-refractivity contribution is -0.124. The zero-order valence-corrected chi connectivity index (χ0v) is 22.5. The predicted octanol–water partition coefficient (Wildman–Crippen LogP) is 4.43. The van der Waals surface area contributed by atoms with E-state index >= 15 is 0 Å². The lowest BCUT2D eigenvalue weighted by Crippen LogP contribution is -2.32. The van der Waals surface area contributed by atoms with Crippen molar-refractivity contribution in [1.82, 2.24) is 9.97 Å². The van der Waals surface area contributed by atoms with Gasteiger partial charge in [-0.2, -0.15) is 0 Å². The second kappa shape index (κ2) is 8.41. The van der Waals surface area contributed by atoms with Gasteiger partial charge in [0.25, 0.3) is 0 Å². The minimum absolute atomic E-state index is 0.0908. The molecule has 4 aliphatic carbocycles. The Labute approximate surface area is 241 Å². The summed E-state index contributed by atoms with van der Waals surface area (Å²) in [5.41, 5.74) is 3.47. The van der Waals surface area contributed by atoms with E-state index in [1.807, 2.05) is 30.3 Å². The Morgan fingerprint density at radius 2 is 0.929 bits per heavy atom. The average molecular weight is 555 g/mol. The molecule has 9 rings (SSSR count). The van der Waals surface area contributed by atoms with Crippen molar-refractivity contribution in [3.05, 3.63) is 85.1 Å². The minimum Gasteiger partial charge on any atom is -0.274 e. The maximum Gasteiger partial charge on any atom is 0.238 e. The number of aromatic nitrogens is 2. The number of rotatable bonds is 4. The highest BCUT2D eigenvalue weighted by molar-refractivity contribution is 6.23. The number of fused-ring (bicyclic) bond motifs is 10. The molecule has 0 N–H and O–H groups in total. The maximum absolute atomic E-state index is 13.2. The first-order valence-corrected chi connectivity index (χ1v) is 14.6. The van der Waals surface area contributed by atoms with Crippen LogP contribution in [-0.2, 0) is 19.2 Å². The van der Waals surface area contributed by atoms with Crippen LogP contribution in [0.4, 0.5) is 11.4 Å². The van der Waals surface area contributed by atoms with Crippen LogP contribution in [0.3, 0.4) is 0 Å². The van der Waals surface area contributed by atoms with Crippen molar-refractivity contribution in [1.29, 1.82) is 0 Å². The fraction of sp³-hybridized carbons (Fsp3) is 0.294. The van der Waals surface area contributed by atoms with Crippen LogP contribution in [0, 0.1) is 47.3 Å². The van der Waals surface area contributed by atoms with Gasteiger partial charge in [-0.3, -0.25) is 29.0 Å². The van der Waals surface area contributed by atoms with Gasteiger partial charge in [0.15, 0.2) is 5.82 Å². The summed E-state index contributed by atoms with van der Waals surface area (Å²) >= 11 is 0. The van der Waals surface area contributed by atoms with Crippen molar-refractivity contribution in [3.8, 4) is 22.6 Å². The average Bonchev–Trinajstić information content (AvgIpc) is 3.87. The lowest BCUT2D eigenvalue weighted by atomic mass is 9.85. The van der Waals surface area contributed by atoms with Crippen molar-refractivity contribution in [2.45, 2.75) is 12.8 Å². The van der Waals surface area contributed by atoms with Gasteiger partial charge in [0.2, 0.25) is 23.6 Å². The summed E-state index contributed by atoms with van der Waals surface area (Å²) in [5, 5.41) is 0. The summed E-state index contributed by atoms with van der Waals surface area (Å²) in [6, 6.07) is 16.4. The van der Waals surface area contributed by atoms with Gasteiger partial charge in [-0.1, -0.05) is 36.4 Å². The Morgan fingerprint density at radius 3 is 1.36 bits per heavy atom. The number of amides is 4. The maximum atomic E-state index is 13.2. The number of anilines is 2. The summed E-state index contributed by atoms with van der Waals surface area (Å²) < 4.78 is 0. The van der Waals surface area contributed by atoms with Crippen molar-refractivity contribution >= 4 is 35.0 Å². The summed E-state index contributed by atoms with van der Waals surface area (Å²) in [6.07, 6.45) is 11.9. The first-order chi connectivity index (χ1) is 20.5. The van der Waals surface area contributed by atoms with Crippen LogP contribution >= 0.6 is 0 Å². The number of carbonyl (C=O) groups excluding carboxylic acids is 4. The SMILES string of the molecule is O=C1[C@@H]2[C@@H](C(=O)N1c1ccc(-c3nccc(-c4ccc(N5C(=O)[C@@H]6[C@H](C5=O)[C@H]5C=C[C@H]6C5)cc4)n3)cc1)[C@H]1C=C[C@@H]2C1. The number of carbonyl (C=O) groups is 4. The Morgan fingerprint density at radius 1 is 0.524 bits per heavy atom. The topological polar surface area (TPSA) is 101 Å². The number of allylic oxidation sites excluding steroid dienone is 4. The van der Waals surface area contributed by atoms with Crippen molar-refractivity contribution in [2.24, 2.45) is 47.3 Å². The van der Waals surface area contributed by atoms with E-state index in [0.29, 0.717) is 22.9 Å². The molecule has 3 heterocycles. The number of nitrogens with zero attached hydrogens (tertiary/aromatic N) is 4. The van der Waals surface area contributed by atoms with E-state index in [4.69, 9.17) is 4.98 Å². The second-order valence-electron chi connectivity index (χ2n) is 12.4. The monoisotopic (exact) mass is 554 g/mol. The molecule has 3 aromatic rings. The third-order valence-electron chi connectivity index (χ3n) is 10.4. The van der Waals surface area contributed by atoms with E-state index in [0.717, 1.165) is 24.0 Å². The molecule has 206 valence electrons. The lowest BCUT2D eigenvalue weighted by Gasteiger charge is -2.18. The van der Waals surface area contributed by atoms with Crippen LogP contribution in [0.15, 0.2) is 85.1 Å². The zero-order valence-electron chi connectivity index (χ0n) is 22.5. The van der Waals surface area contributed by atoms with E-state index in [2.05, 4.69) is 29.3 Å². The Bertz CT molecular complexity index is 1590. The number of imide groups is 2.